The molecule has 9 heteroatoms. The van der Waals surface area contributed by atoms with E-state index in [0.29, 0.717) is 6.42 Å². The highest BCUT2D eigenvalue weighted by atomic mass is 32.2. The van der Waals surface area contributed by atoms with E-state index in [1.807, 2.05) is 19.9 Å². The average molecular weight is 323 g/mol. The van der Waals surface area contributed by atoms with Gasteiger partial charge in [-0.25, -0.2) is 13.4 Å². The van der Waals surface area contributed by atoms with Gasteiger partial charge in [-0.1, -0.05) is 13.8 Å². The number of aromatic nitrogens is 2. The Morgan fingerprint density at radius 2 is 2.09 bits per heavy atom. The number of nitriles is 1. The zero-order valence-electron chi connectivity index (χ0n) is 12.5. The molecule has 1 atom stereocenters. The number of anilines is 1. The normalized spacial score (nSPS) is 23.2. The van der Waals surface area contributed by atoms with Crippen LogP contribution in [0.5, 0.6) is 0 Å². The third-order valence-corrected chi connectivity index (χ3v) is 5.11. The zero-order chi connectivity index (χ0) is 16.8. The van der Waals surface area contributed by atoms with Crippen molar-refractivity contribution in [3.8, 4) is 6.07 Å². The molecule has 22 heavy (non-hydrogen) atoms. The van der Waals surface area contributed by atoms with Crippen molar-refractivity contribution in [2.45, 2.75) is 37.4 Å². The van der Waals surface area contributed by atoms with Crippen molar-refractivity contribution in [1.29, 1.82) is 5.26 Å². The molecule has 0 spiro atoms. The van der Waals surface area contributed by atoms with Gasteiger partial charge in [-0.05, 0) is 18.3 Å². The highest BCUT2D eigenvalue weighted by molar-refractivity contribution is 7.90. The first-order valence-corrected chi connectivity index (χ1v) is 8.48. The van der Waals surface area contributed by atoms with Crippen molar-refractivity contribution in [3.63, 3.8) is 0 Å². The fourth-order valence-electron chi connectivity index (χ4n) is 2.55. The van der Waals surface area contributed by atoms with Crippen molar-refractivity contribution in [3.05, 3.63) is 11.8 Å². The monoisotopic (exact) mass is 323 g/mol. The Bertz CT molecular complexity index is 781. The van der Waals surface area contributed by atoms with E-state index < -0.39 is 31.9 Å². The molecular weight excluding hydrogens is 306 g/mol. The number of rotatable bonds is 4. The van der Waals surface area contributed by atoms with Crippen LogP contribution < -0.4 is 11.1 Å². The predicted octanol–water partition coefficient (Wildman–Crippen LogP) is 0.208. The molecule has 3 N–H and O–H groups in total. The van der Waals surface area contributed by atoms with Gasteiger partial charge in [0, 0.05) is 6.26 Å². The molecule has 0 bridgehead atoms. The van der Waals surface area contributed by atoms with Crippen molar-refractivity contribution in [2.75, 3.05) is 11.6 Å². The largest absolute Gasteiger partial charge is 0.368 e. The van der Waals surface area contributed by atoms with Gasteiger partial charge in [-0.3, -0.25) is 4.79 Å². The number of nitrogens with zero attached hydrogens (tertiary/aromatic N) is 3. The summed E-state index contributed by atoms with van der Waals surface area (Å²) in [5, 5.41) is 11.6. The first-order chi connectivity index (χ1) is 10.0. The predicted molar refractivity (Wildman–Crippen MR) is 78.4 cm³/mol. The summed E-state index contributed by atoms with van der Waals surface area (Å²) in [6.07, 6.45) is 3.34. The molecule has 1 heterocycles. The summed E-state index contributed by atoms with van der Waals surface area (Å²) in [4.78, 5) is 19.5. The lowest BCUT2D eigenvalue weighted by molar-refractivity contribution is -0.132. The maximum Gasteiger partial charge on any atom is 0.248 e. The molecule has 0 radical (unpaired) electrons. The van der Waals surface area contributed by atoms with Crippen LogP contribution >= 0.6 is 0 Å². The summed E-state index contributed by atoms with van der Waals surface area (Å²) in [7, 11) is -3.63. The average Bonchev–Trinajstić information content (AvgIpc) is 2.41. The van der Waals surface area contributed by atoms with Gasteiger partial charge in [-0.2, -0.15) is 10.2 Å². The maximum absolute atomic E-state index is 11.9. The summed E-state index contributed by atoms with van der Waals surface area (Å²) in [6.45, 7) is 3.75. The number of hydrogen-bond donors (Lipinski definition) is 2. The van der Waals surface area contributed by atoms with Crippen molar-refractivity contribution in [2.24, 2.45) is 11.1 Å². The van der Waals surface area contributed by atoms with E-state index >= 15 is 0 Å². The van der Waals surface area contributed by atoms with E-state index in [-0.39, 0.29) is 11.4 Å². The molecule has 0 aromatic carbocycles. The van der Waals surface area contributed by atoms with Crippen LogP contribution in [0.25, 0.3) is 0 Å². The molecular formula is C13H17N5O3S. The summed E-state index contributed by atoms with van der Waals surface area (Å²) >= 11 is 0. The van der Waals surface area contributed by atoms with Gasteiger partial charge in [0.15, 0.2) is 0 Å². The van der Waals surface area contributed by atoms with Crippen LogP contribution in [0.4, 0.5) is 5.82 Å². The van der Waals surface area contributed by atoms with Crippen LogP contribution in [0.2, 0.25) is 0 Å². The summed E-state index contributed by atoms with van der Waals surface area (Å²) < 4.78 is 23.1. The van der Waals surface area contributed by atoms with E-state index in [4.69, 9.17) is 11.0 Å². The lowest BCUT2D eigenvalue weighted by Crippen LogP contribution is -2.66. The number of nitrogens with two attached hydrogens (primary N) is 1. The van der Waals surface area contributed by atoms with Gasteiger partial charge in [-0.15, -0.1) is 0 Å². The van der Waals surface area contributed by atoms with Crippen LogP contribution in [0.3, 0.4) is 0 Å². The van der Waals surface area contributed by atoms with Gasteiger partial charge in [0.05, 0.1) is 6.20 Å². The minimum Gasteiger partial charge on any atom is -0.368 e. The number of nitrogens with one attached hydrogen (secondary N) is 1. The summed E-state index contributed by atoms with van der Waals surface area (Å²) in [5.74, 6) is -0.559. The van der Waals surface area contributed by atoms with E-state index in [1.165, 1.54) is 0 Å². The molecule has 118 valence electrons. The number of primary amides is 1. The minimum absolute atomic E-state index is 0.00417. The van der Waals surface area contributed by atoms with Crippen LogP contribution in [0, 0.1) is 16.7 Å². The second-order valence-electron chi connectivity index (χ2n) is 6.08. The van der Waals surface area contributed by atoms with Crippen LogP contribution in [-0.4, -0.2) is 36.1 Å². The number of hydrogen-bond acceptors (Lipinski definition) is 7. The lowest BCUT2D eigenvalue weighted by atomic mass is 9.56. The third-order valence-electron chi connectivity index (χ3n) is 4.25. The Labute approximate surface area is 128 Å². The number of carbonyl (C=O) groups excluding carboxylic acids is 1. The van der Waals surface area contributed by atoms with Crippen molar-refractivity contribution < 1.29 is 13.2 Å². The number of sulfone groups is 1. The Balaban J connectivity index is 2.53. The third kappa shape index (κ3) is 2.39. The second-order valence-corrected chi connectivity index (χ2v) is 7.99. The molecule has 1 amide bonds. The Hall–Kier alpha value is -2.21. The molecule has 8 nitrogen and oxygen atoms in total. The first-order valence-electron chi connectivity index (χ1n) is 6.59. The highest BCUT2D eigenvalue weighted by Crippen LogP contribution is 2.51. The molecule has 1 aliphatic rings. The first kappa shape index (κ1) is 16.2. The fraction of sp³-hybridized carbons (Fsp3) is 0.538. The standard InChI is InChI=1S/C13H17N5O3S/c1-12(2)4-5-13(12,10(15)19)18-9-8(6-14)7-16-11(17-9)22(3,20)21/h7H,4-5H2,1-3H3,(H2,15,19)(H,16,17,18). The Morgan fingerprint density at radius 3 is 2.45 bits per heavy atom. The maximum atomic E-state index is 11.9. The van der Waals surface area contributed by atoms with Crippen LogP contribution in [0.1, 0.15) is 32.3 Å². The molecule has 1 saturated carbocycles. The van der Waals surface area contributed by atoms with E-state index in [2.05, 4.69) is 15.3 Å². The second kappa shape index (κ2) is 4.91. The highest BCUT2D eigenvalue weighted by Gasteiger charge is 2.57. The van der Waals surface area contributed by atoms with Crippen molar-refractivity contribution >= 4 is 21.6 Å². The minimum atomic E-state index is -3.63. The lowest BCUT2D eigenvalue weighted by Gasteiger charge is -2.54. The van der Waals surface area contributed by atoms with Crippen molar-refractivity contribution in [1.82, 2.24) is 9.97 Å². The molecule has 1 aliphatic carbocycles. The van der Waals surface area contributed by atoms with Crippen LogP contribution in [0.15, 0.2) is 11.4 Å². The molecule has 0 saturated heterocycles. The molecule has 1 unspecified atom stereocenters. The molecule has 2 rings (SSSR count). The zero-order valence-corrected chi connectivity index (χ0v) is 13.4. The van der Waals surface area contributed by atoms with Gasteiger partial charge in [0.1, 0.15) is 23.0 Å². The number of amides is 1. The van der Waals surface area contributed by atoms with Gasteiger partial charge in [0.25, 0.3) is 0 Å². The van der Waals surface area contributed by atoms with E-state index in [1.54, 1.807) is 0 Å². The van der Waals surface area contributed by atoms with E-state index in [0.717, 1.165) is 18.9 Å². The number of carbonyl (C=O) groups is 1. The summed E-state index contributed by atoms with van der Waals surface area (Å²) in [5.41, 5.74) is 4.08. The topological polar surface area (TPSA) is 139 Å². The Kier molecular flexibility index (Phi) is 3.61. The Morgan fingerprint density at radius 1 is 1.45 bits per heavy atom. The van der Waals surface area contributed by atoms with E-state index in [9.17, 15) is 13.2 Å². The summed E-state index contributed by atoms with van der Waals surface area (Å²) in [6, 6.07) is 1.88. The SMILES string of the molecule is CC1(C)CCC1(Nc1nc(S(C)(=O)=O)ncc1C#N)C(N)=O. The molecule has 0 aliphatic heterocycles. The van der Waals surface area contributed by atoms with Crippen LogP contribution in [-0.2, 0) is 14.6 Å². The molecule has 1 aromatic rings. The molecule has 1 aromatic heterocycles. The quantitative estimate of drug-likeness (QED) is 0.755. The fourth-order valence-corrected chi connectivity index (χ4v) is 3.05. The van der Waals surface area contributed by atoms with Gasteiger partial charge < -0.3 is 11.1 Å². The van der Waals surface area contributed by atoms with Gasteiger partial charge in [0.2, 0.25) is 20.9 Å². The smallest absolute Gasteiger partial charge is 0.248 e. The van der Waals surface area contributed by atoms with Gasteiger partial charge >= 0.3 is 0 Å². The molecule has 1 fully saturated rings.